The second-order valence-corrected chi connectivity index (χ2v) is 6.00. The Balaban J connectivity index is 1.48. The largest absolute Gasteiger partial charge is 0.490 e. The van der Waals surface area contributed by atoms with Crippen LogP contribution in [0.5, 0.6) is 5.75 Å². The van der Waals surface area contributed by atoms with Crippen LogP contribution in [0.25, 0.3) is 0 Å². The van der Waals surface area contributed by atoms with Gasteiger partial charge in [-0.25, -0.2) is 0 Å². The monoisotopic (exact) mass is 273 g/mol. The Morgan fingerprint density at radius 1 is 1.10 bits per heavy atom. The predicted octanol–water partition coefficient (Wildman–Crippen LogP) is 3.19. The first-order valence-electron chi connectivity index (χ1n) is 7.82. The molecule has 0 unspecified atom stereocenters. The number of nitrogens with one attached hydrogen (secondary N) is 1. The van der Waals surface area contributed by atoms with E-state index in [1.807, 2.05) is 24.3 Å². The van der Waals surface area contributed by atoms with Gasteiger partial charge in [-0.1, -0.05) is 0 Å². The standard InChI is InChI=1S/C17H23NO2/c19-17(8-1-13-9-11-18-12-10-13)14-2-4-15(5-3-14)20-16-6-7-16/h2-5,13,16,18H,1,6-12H2. The lowest BCUT2D eigenvalue weighted by atomic mass is 9.91. The Labute approximate surface area is 120 Å². The zero-order chi connectivity index (χ0) is 13.8. The van der Waals surface area contributed by atoms with Crippen LogP contribution in [0, 0.1) is 5.92 Å². The van der Waals surface area contributed by atoms with Crippen LogP contribution >= 0.6 is 0 Å². The number of ether oxygens (including phenoxy) is 1. The van der Waals surface area contributed by atoms with Gasteiger partial charge in [0.1, 0.15) is 5.75 Å². The normalized spacial score (nSPS) is 19.8. The number of hydrogen-bond acceptors (Lipinski definition) is 3. The molecule has 0 spiro atoms. The molecule has 2 aliphatic rings. The van der Waals surface area contributed by atoms with Crippen molar-refractivity contribution in [2.45, 2.75) is 44.6 Å². The molecule has 1 heterocycles. The van der Waals surface area contributed by atoms with Crippen molar-refractivity contribution in [3.63, 3.8) is 0 Å². The van der Waals surface area contributed by atoms with Crippen LogP contribution in [0.1, 0.15) is 48.9 Å². The molecule has 108 valence electrons. The summed E-state index contributed by atoms with van der Waals surface area (Å²) < 4.78 is 5.70. The molecule has 0 bridgehead atoms. The molecule has 1 aromatic carbocycles. The number of piperidine rings is 1. The smallest absolute Gasteiger partial charge is 0.162 e. The Morgan fingerprint density at radius 3 is 2.45 bits per heavy atom. The van der Waals surface area contributed by atoms with Crippen LogP contribution in [0.3, 0.4) is 0 Å². The highest BCUT2D eigenvalue weighted by atomic mass is 16.5. The fraction of sp³-hybridized carbons (Fsp3) is 0.588. The summed E-state index contributed by atoms with van der Waals surface area (Å²) in [7, 11) is 0. The highest BCUT2D eigenvalue weighted by molar-refractivity contribution is 5.96. The topological polar surface area (TPSA) is 38.3 Å². The van der Waals surface area contributed by atoms with Crippen molar-refractivity contribution in [2.75, 3.05) is 13.1 Å². The predicted molar refractivity (Wildman–Crippen MR) is 79.3 cm³/mol. The van der Waals surface area contributed by atoms with E-state index in [-0.39, 0.29) is 5.78 Å². The average Bonchev–Trinajstić information content (AvgIpc) is 3.31. The number of carbonyl (C=O) groups is 1. The lowest BCUT2D eigenvalue weighted by Crippen LogP contribution is -2.27. The van der Waals surface area contributed by atoms with E-state index in [4.69, 9.17) is 4.74 Å². The first kappa shape index (κ1) is 13.6. The van der Waals surface area contributed by atoms with Gasteiger partial charge in [0.05, 0.1) is 6.10 Å². The van der Waals surface area contributed by atoms with Crippen molar-refractivity contribution in [3.8, 4) is 5.75 Å². The molecule has 0 aromatic heterocycles. The summed E-state index contributed by atoms with van der Waals surface area (Å²) in [5.41, 5.74) is 0.821. The zero-order valence-corrected chi connectivity index (χ0v) is 11.9. The van der Waals surface area contributed by atoms with Gasteiger partial charge in [-0.05, 0) is 75.4 Å². The third-order valence-electron chi connectivity index (χ3n) is 4.24. The van der Waals surface area contributed by atoms with E-state index >= 15 is 0 Å². The minimum absolute atomic E-state index is 0.265. The lowest BCUT2D eigenvalue weighted by molar-refractivity contribution is 0.0971. The molecule has 1 aliphatic heterocycles. The molecule has 1 aromatic rings. The summed E-state index contributed by atoms with van der Waals surface area (Å²) in [6.07, 6.45) is 6.86. The van der Waals surface area contributed by atoms with Crippen LogP contribution in [-0.4, -0.2) is 25.0 Å². The third kappa shape index (κ3) is 3.83. The van der Waals surface area contributed by atoms with Crippen molar-refractivity contribution in [3.05, 3.63) is 29.8 Å². The Morgan fingerprint density at radius 2 is 1.80 bits per heavy atom. The molecular formula is C17H23NO2. The number of hydrogen-bond donors (Lipinski definition) is 1. The number of carbonyl (C=O) groups excluding carboxylic acids is 1. The SMILES string of the molecule is O=C(CCC1CCNCC1)c1ccc(OC2CC2)cc1. The third-order valence-corrected chi connectivity index (χ3v) is 4.24. The van der Waals surface area contributed by atoms with Crippen LogP contribution in [0.15, 0.2) is 24.3 Å². The maximum absolute atomic E-state index is 12.2. The van der Waals surface area contributed by atoms with E-state index in [1.54, 1.807) is 0 Å². The van der Waals surface area contributed by atoms with E-state index in [0.29, 0.717) is 12.5 Å². The molecule has 0 atom stereocenters. The van der Waals surface area contributed by atoms with Crippen LogP contribution < -0.4 is 10.1 Å². The molecule has 2 fully saturated rings. The fourth-order valence-corrected chi connectivity index (χ4v) is 2.75. The van der Waals surface area contributed by atoms with Gasteiger partial charge in [-0.15, -0.1) is 0 Å². The van der Waals surface area contributed by atoms with Crippen LogP contribution in [-0.2, 0) is 0 Å². The molecule has 0 amide bonds. The van der Waals surface area contributed by atoms with E-state index < -0.39 is 0 Å². The van der Waals surface area contributed by atoms with Crippen LogP contribution in [0.2, 0.25) is 0 Å². The number of benzene rings is 1. The summed E-state index contributed by atoms with van der Waals surface area (Å²) in [5, 5.41) is 3.36. The molecule has 3 nitrogen and oxygen atoms in total. The Hall–Kier alpha value is -1.35. The molecule has 0 radical (unpaired) electrons. The maximum Gasteiger partial charge on any atom is 0.162 e. The van der Waals surface area contributed by atoms with Gasteiger partial charge >= 0.3 is 0 Å². The second kappa shape index (κ2) is 6.40. The maximum atomic E-state index is 12.2. The second-order valence-electron chi connectivity index (χ2n) is 6.00. The number of Topliss-reactive ketones (excluding diaryl/α,β-unsaturated/α-hetero) is 1. The molecule has 3 heteroatoms. The first-order valence-corrected chi connectivity index (χ1v) is 7.82. The van der Waals surface area contributed by atoms with Crippen molar-refractivity contribution in [1.29, 1.82) is 0 Å². The Bertz CT molecular complexity index is 445. The van der Waals surface area contributed by atoms with Gasteiger partial charge in [-0.2, -0.15) is 0 Å². The quantitative estimate of drug-likeness (QED) is 0.809. The van der Waals surface area contributed by atoms with Gasteiger partial charge in [0.15, 0.2) is 5.78 Å². The van der Waals surface area contributed by atoms with Gasteiger partial charge in [0.25, 0.3) is 0 Å². The highest BCUT2D eigenvalue weighted by Gasteiger charge is 2.23. The summed E-state index contributed by atoms with van der Waals surface area (Å²) in [4.78, 5) is 12.2. The van der Waals surface area contributed by atoms with Gasteiger partial charge < -0.3 is 10.1 Å². The summed E-state index contributed by atoms with van der Waals surface area (Å²) in [6, 6.07) is 7.66. The van der Waals surface area contributed by atoms with Crippen molar-refractivity contribution in [2.24, 2.45) is 5.92 Å². The van der Waals surface area contributed by atoms with Crippen molar-refractivity contribution < 1.29 is 9.53 Å². The number of rotatable bonds is 6. The van der Waals surface area contributed by atoms with Crippen molar-refractivity contribution >= 4 is 5.78 Å². The molecule has 1 saturated carbocycles. The van der Waals surface area contributed by atoms with Gasteiger partial charge in [-0.3, -0.25) is 4.79 Å². The lowest BCUT2D eigenvalue weighted by Gasteiger charge is -2.22. The minimum atomic E-state index is 0.265. The van der Waals surface area contributed by atoms with Gasteiger partial charge in [0, 0.05) is 12.0 Å². The van der Waals surface area contributed by atoms with Gasteiger partial charge in [0.2, 0.25) is 0 Å². The number of ketones is 1. The van der Waals surface area contributed by atoms with Crippen LogP contribution in [0.4, 0.5) is 0 Å². The molecule has 20 heavy (non-hydrogen) atoms. The molecule has 3 rings (SSSR count). The zero-order valence-electron chi connectivity index (χ0n) is 11.9. The fourth-order valence-electron chi connectivity index (χ4n) is 2.75. The van der Waals surface area contributed by atoms with E-state index in [2.05, 4.69) is 5.32 Å². The van der Waals surface area contributed by atoms with E-state index in [9.17, 15) is 4.79 Å². The summed E-state index contributed by atoms with van der Waals surface area (Å²) in [5.74, 6) is 1.88. The highest BCUT2D eigenvalue weighted by Crippen LogP contribution is 2.27. The summed E-state index contributed by atoms with van der Waals surface area (Å²) >= 11 is 0. The first-order chi connectivity index (χ1) is 9.81. The molecule has 1 saturated heterocycles. The van der Waals surface area contributed by atoms with Crippen molar-refractivity contribution in [1.82, 2.24) is 5.32 Å². The molecule has 1 N–H and O–H groups in total. The molecule has 1 aliphatic carbocycles. The van der Waals surface area contributed by atoms with E-state index in [1.165, 1.54) is 12.8 Å². The summed E-state index contributed by atoms with van der Waals surface area (Å²) in [6.45, 7) is 2.21. The average molecular weight is 273 g/mol. The minimum Gasteiger partial charge on any atom is -0.490 e. The van der Waals surface area contributed by atoms with E-state index in [0.717, 1.165) is 49.6 Å². The molecular weight excluding hydrogens is 250 g/mol. The Kier molecular flexibility index (Phi) is 4.36.